The lowest BCUT2D eigenvalue weighted by atomic mass is 10.1. The number of hydrazone groups is 1. The monoisotopic (exact) mass is 454 g/mol. The molecule has 1 aromatic carbocycles. The van der Waals surface area contributed by atoms with Crippen molar-refractivity contribution in [3.8, 4) is 5.69 Å². The molecule has 3 aromatic rings. The van der Waals surface area contributed by atoms with Gasteiger partial charge in [0.1, 0.15) is 5.04 Å². The molecule has 0 bridgehead atoms. The first-order valence-corrected chi connectivity index (χ1v) is 11.5. The summed E-state index contributed by atoms with van der Waals surface area (Å²) in [6.07, 6.45) is 6.13. The molecule has 1 amide bonds. The van der Waals surface area contributed by atoms with E-state index in [-0.39, 0.29) is 11.4 Å². The summed E-state index contributed by atoms with van der Waals surface area (Å²) in [4.78, 5) is 21.2. The lowest BCUT2D eigenvalue weighted by molar-refractivity contribution is -0.114. The molecule has 5 rings (SSSR count). The Bertz CT molecular complexity index is 1370. The number of benzene rings is 1. The number of nitrogens with one attached hydrogen (secondary N) is 1. The molecule has 7 nitrogen and oxygen atoms in total. The lowest BCUT2D eigenvalue weighted by Gasteiger charge is -2.20. The molecule has 33 heavy (non-hydrogen) atoms. The molecule has 4 heterocycles. The molecule has 0 fully saturated rings. The fourth-order valence-corrected chi connectivity index (χ4v) is 4.85. The van der Waals surface area contributed by atoms with Crippen LogP contribution >= 0.6 is 11.8 Å². The Morgan fingerprint density at radius 3 is 2.64 bits per heavy atom. The average Bonchev–Trinajstić information content (AvgIpc) is 3.38. The van der Waals surface area contributed by atoms with Gasteiger partial charge in [0.05, 0.1) is 5.57 Å². The summed E-state index contributed by atoms with van der Waals surface area (Å²) >= 11 is 1.27. The number of amides is 1. The molecular weight excluding hydrogens is 432 g/mol. The summed E-state index contributed by atoms with van der Waals surface area (Å²) in [5.74, 6) is -0.410. The van der Waals surface area contributed by atoms with Crippen molar-refractivity contribution in [2.24, 2.45) is 10.1 Å². The van der Waals surface area contributed by atoms with Crippen LogP contribution in [-0.4, -0.2) is 36.5 Å². The fraction of sp³-hybridized carbons (Fsp3) is 0.160. The van der Waals surface area contributed by atoms with Crippen LogP contribution < -0.4 is 0 Å². The largest absolute Gasteiger partial charge is 0.318 e. The number of hydrogen-bond donors (Lipinski definition) is 1. The molecule has 0 unspecified atom stereocenters. The van der Waals surface area contributed by atoms with Crippen molar-refractivity contribution >= 4 is 39.8 Å². The fourth-order valence-electron chi connectivity index (χ4n) is 3.97. The zero-order valence-corrected chi connectivity index (χ0v) is 19.3. The highest BCUT2D eigenvalue weighted by Crippen LogP contribution is 2.31. The molecule has 8 heteroatoms. The van der Waals surface area contributed by atoms with Crippen LogP contribution in [0.5, 0.6) is 0 Å². The summed E-state index contributed by atoms with van der Waals surface area (Å²) in [6, 6.07) is 14.2. The molecule has 0 atom stereocenters. The van der Waals surface area contributed by atoms with Gasteiger partial charge < -0.3 is 4.57 Å². The van der Waals surface area contributed by atoms with E-state index in [2.05, 4.69) is 50.8 Å². The molecule has 2 aromatic heterocycles. The van der Waals surface area contributed by atoms with Gasteiger partial charge in [-0.1, -0.05) is 19.1 Å². The Kier molecular flexibility index (Phi) is 5.30. The van der Waals surface area contributed by atoms with Gasteiger partial charge in [0.25, 0.3) is 5.91 Å². The molecule has 0 saturated heterocycles. The molecule has 0 radical (unpaired) electrons. The quantitative estimate of drug-likeness (QED) is 0.578. The van der Waals surface area contributed by atoms with E-state index in [0.717, 1.165) is 34.6 Å². The predicted octanol–water partition coefficient (Wildman–Crippen LogP) is 4.72. The first-order chi connectivity index (χ1) is 16.0. The van der Waals surface area contributed by atoms with Crippen LogP contribution in [-0.2, 0) is 11.2 Å². The maximum Gasteiger partial charge on any atom is 0.283 e. The van der Waals surface area contributed by atoms with Gasteiger partial charge in [0, 0.05) is 35.0 Å². The van der Waals surface area contributed by atoms with Gasteiger partial charge in [-0.2, -0.15) is 15.1 Å². The number of nitrogens with zero attached hydrogens (tertiary/aromatic N) is 5. The molecule has 0 spiro atoms. The maximum absolute atomic E-state index is 12.8. The number of fused-ring (bicyclic) bond motifs is 1. The highest BCUT2D eigenvalue weighted by Gasteiger charge is 2.36. The first kappa shape index (κ1) is 21.1. The number of pyridine rings is 1. The number of aliphatic imine (C=N–C) groups is 1. The zero-order valence-electron chi connectivity index (χ0n) is 18.5. The van der Waals surface area contributed by atoms with Gasteiger partial charge in [0.2, 0.25) is 5.17 Å². The smallest absolute Gasteiger partial charge is 0.283 e. The second-order valence-electron chi connectivity index (χ2n) is 7.85. The normalized spacial score (nSPS) is 16.8. The van der Waals surface area contributed by atoms with Gasteiger partial charge in [-0.25, -0.2) is 0 Å². The third kappa shape index (κ3) is 3.72. The second-order valence-corrected chi connectivity index (χ2v) is 8.80. The molecule has 0 saturated carbocycles. The van der Waals surface area contributed by atoms with E-state index < -0.39 is 5.91 Å². The molecule has 1 N–H and O–H groups in total. The van der Waals surface area contributed by atoms with Crippen LogP contribution in [0.15, 0.2) is 70.5 Å². The van der Waals surface area contributed by atoms with Crippen molar-refractivity contribution in [1.29, 1.82) is 5.41 Å². The number of amidine groups is 2. The van der Waals surface area contributed by atoms with Gasteiger partial charge in [0.15, 0.2) is 5.84 Å². The molecular formula is C25H22N6OS. The Balaban J connectivity index is 1.50. The summed E-state index contributed by atoms with van der Waals surface area (Å²) < 4.78 is 2.15. The summed E-state index contributed by atoms with van der Waals surface area (Å²) in [6.45, 7) is 6.19. The Morgan fingerprint density at radius 2 is 1.94 bits per heavy atom. The number of rotatable bonds is 4. The number of thioether (sulfide) groups is 1. The third-order valence-corrected chi connectivity index (χ3v) is 6.69. The van der Waals surface area contributed by atoms with Crippen LogP contribution in [0.1, 0.15) is 35.0 Å². The van der Waals surface area contributed by atoms with E-state index in [9.17, 15) is 4.79 Å². The minimum absolute atomic E-state index is 0.0218. The third-order valence-electron chi connectivity index (χ3n) is 5.74. The second kappa shape index (κ2) is 8.29. The van der Waals surface area contributed by atoms with Crippen molar-refractivity contribution in [1.82, 2.24) is 14.6 Å². The summed E-state index contributed by atoms with van der Waals surface area (Å²) in [5.41, 5.74) is 6.32. The average molecular weight is 455 g/mol. The number of aromatic nitrogens is 2. The van der Waals surface area contributed by atoms with E-state index in [1.165, 1.54) is 22.3 Å². The maximum atomic E-state index is 12.8. The molecule has 2 aliphatic heterocycles. The highest BCUT2D eigenvalue weighted by molar-refractivity contribution is 8.27. The standard InChI is InChI=1S/C25H22N6OS/c1-4-17-7-9-20(10-8-17)30-15(2)12-19(16(30)3)13-21-22(26)31-25(28-23(21)32)33-24(29-31)18-6-5-11-27-14-18/h5-14,26H,4H2,1-3H3. The van der Waals surface area contributed by atoms with Gasteiger partial charge in [-0.3, -0.25) is 15.2 Å². The van der Waals surface area contributed by atoms with E-state index in [1.807, 2.05) is 32.0 Å². The summed E-state index contributed by atoms with van der Waals surface area (Å²) in [5, 5.41) is 15.6. The van der Waals surface area contributed by atoms with Crippen molar-refractivity contribution in [2.45, 2.75) is 27.2 Å². The van der Waals surface area contributed by atoms with Gasteiger partial charge in [-0.05, 0) is 79.6 Å². The molecule has 0 aliphatic carbocycles. The van der Waals surface area contributed by atoms with Crippen LogP contribution in [0.4, 0.5) is 0 Å². The minimum Gasteiger partial charge on any atom is -0.318 e. The Labute approximate surface area is 196 Å². The van der Waals surface area contributed by atoms with Crippen molar-refractivity contribution in [2.75, 3.05) is 0 Å². The number of carbonyl (C=O) groups excluding carboxylic acids is 1. The molecule has 164 valence electrons. The minimum atomic E-state index is -0.432. The SMILES string of the molecule is CCc1ccc(-n2c(C)cc(C=C3C(=N)N4N=C(c5cccnc5)SC4=NC3=O)c2C)cc1. The number of aryl methyl sites for hydroxylation is 2. The lowest BCUT2D eigenvalue weighted by Crippen LogP contribution is -2.35. The van der Waals surface area contributed by atoms with Crippen molar-refractivity contribution in [3.63, 3.8) is 0 Å². The van der Waals surface area contributed by atoms with Gasteiger partial charge in [-0.15, -0.1) is 0 Å². The first-order valence-electron chi connectivity index (χ1n) is 10.6. The van der Waals surface area contributed by atoms with Gasteiger partial charge >= 0.3 is 0 Å². The molecule has 2 aliphatic rings. The summed E-state index contributed by atoms with van der Waals surface area (Å²) in [7, 11) is 0. The van der Waals surface area contributed by atoms with Crippen LogP contribution in [0, 0.1) is 19.3 Å². The zero-order chi connectivity index (χ0) is 23.1. The predicted molar refractivity (Wildman–Crippen MR) is 133 cm³/mol. The van der Waals surface area contributed by atoms with Crippen LogP contribution in [0.25, 0.3) is 11.8 Å². The van der Waals surface area contributed by atoms with Crippen LogP contribution in [0.3, 0.4) is 0 Å². The highest BCUT2D eigenvalue weighted by atomic mass is 32.2. The van der Waals surface area contributed by atoms with E-state index in [1.54, 1.807) is 18.5 Å². The van der Waals surface area contributed by atoms with E-state index in [0.29, 0.717) is 10.2 Å². The Morgan fingerprint density at radius 1 is 1.15 bits per heavy atom. The topological polar surface area (TPSA) is 86.7 Å². The number of hydrogen-bond acceptors (Lipinski definition) is 5. The van der Waals surface area contributed by atoms with Crippen molar-refractivity contribution in [3.05, 3.63) is 88.5 Å². The van der Waals surface area contributed by atoms with E-state index >= 15 is 0 Å². The Hall–Kier alpha value is -3.78. The van der Waals surface area contributed by atoms with Crippen molar-refractivity contribution < 1.29 is 4.79 Å². The van der Waals surface area contributed by atoms with Crippen LogP contribution in [0.2, 0.25) is 0 Å². The van der Waals surface area contributed by atoms with E-state index in [4.69, 9.17) is 5.41 Å². The number of carbonyl (C=O) groups is 1.